The number of carbonyl (C=O) groups is 2. The van der Waals surface area contributed by atoms with Crippen molar-refractivity contribution in [2.45, 2.75) is 44.6 Å². The molecule has 2 unspecified atom stereocenters. The standard InChI is InChI=1S/C29H28ClN3O5/c1-17-18(11-12-24-28(17)38-29(33-24)32-23-9-3-2-8-22(23)30)15-26(34)31-20-7-4-6-19(14-20)21(16-27(35)36)25-10-5-13-37-25/h2-4,6-9,11-12,14,21,25H,5,10,13,15-16H2,1H3,(H,31,34)(H,32,33)(H,35,36). The normalized spacial score (nSPS) is 15.9. The Kier molecular flexibility index (Phi) is 7.62. The van der Waals surface area contributed by atoms with Crippen molar-refractivity contribution in [3.05, 3.63) is 82.4 Å². The van der Waals surface area contributed by atoms with E-state index in [1.807, 2.05) is 55.5 Å². The number of ether oxygens (including phenoxy) is 1. The molecule has 0 aliphatic carbocycles. The number of anilines is 3. The smallest absolute Gasteiger partial charge is 0.304 e. The summed E-state index contributed by atoms with van der Waals surface area (Å²) < 4.78 is 11.7. The second-order valence-electron chi connectivity index (χ2n) is 9.43. The number of benzene rings is 3. The van der Waals surface area contributed by atoms with Crippen LogP contribution >= 0.6 is 11.6 Å². The predicted octanol–water partition coefficient (Wildman–Crippen LogP) is 6.45. The minimum absolute atomic E-state index is 0.0220. The van der Waals surface area contributed by atoms with E-state index in [4.69, 9.17) is 20.8 Å². The van der Waals surface area contributed by atoms with Gasteiger partial charge in [0.1, 0.15) is 5.52 Å². The lowest BCUT2D eigenvalue weighted by Crippen LogP contribution is -2.21. The van der Waals surface area contributed by atoms with E-state index < -0.39 is 5.97 Å². The zero-order chi connectivity index (χ0) is 26.6. The average molecular weight is 534 g/mol. The Bertz CT molecular complexity index is 1480. The minimum atomic E-state index is -0.872. The maximum atomic E-state index is 13.0. The van der Waals surface area contributed by atoms with Gasteiger partial charge in [0.25, 0.3) is 6.01 Å². The lowest BCUT2D eigenvalue weighted by molar-refractivity contribution is -0.138. The summed E-state index contributed by atoms with van der Waals surface area (Å²) in [7, 11) is 0. The van der Waals surface area contributed by atoms with Gasteiger partial charge in [-0.3, -0.25) is 9.59 Å². The number of carboxylic acid groups (broad SMARTS) is 1. The molecule has 1 amide bonds. The number of aliphatic carboxylic acids is 1. The number of carboxylic acids is 1. The second kappa shape index (κ2) is 11.2. The maximum absolute atomic E-state index is 13.0. The summed E-state index contributed by atoms with van der Waals surface area (Å²) in [6, 6.07) is 18.7. The SMILES string of the molecule is Cc1c(CC(=O)Nc2cccc(C(CC(=O)O)C3CCCO3)c2)ccc2nc(Nc3ccccc3Cl)oc12. The largest absolute Gasteiger partial charge is 0.481 e. The summed E-state index contributed by atoms with van der Waals surface area (Å²) >= 11 is 6.23. The second-order valence-corrected chi connectivity index (χ2v) is 9.84. The number of amides is 1. The summed E-state index contributed by atoms with van der Waals surface area (Å²) in [5.74, 6) is -1.33. The number of nitrogens with zero attached hydrogens (tertiary/aromatic N) is 1. The third-order valence-corrected chi connectivity index (χ3v) is 7.12. The van der Waals surface area contributed by atoms with Crippen LogP contribution in [-0.4, -0.2) is 34.7 Å². The zero-order valence-corrected chi connectivity index (χ0v) is 21.6. The Hall–Kier alpha value is -3.88. The van der Waals surface area contributed by atoms with Crippen LogP contribution in [0.2, 0.25) is 5.02 Å². The van der Waals surface area contributed by atoms with Gasteiger partial charge in [0.15, 0.2) is 5.58 Å². The fourth-order valence-electron chi connectivity index (χ4n) is 4.88. The van der Waals surface area contributed by atoms with Gasteiger partial charge < -0.3 is 24.9 Å². The van der Waals surface area contributed by atoms with Crippen molar-refractivity contribution in [2.75, 3.05) is 17.2 Å². The van der Waals surface area contributed by atoms with Gasteiger partial charge in [0.2, 0.25) is 5.91 Å². The predicted molar refractivity (Wildman–Crippen MR) is 146 cm³/mol. The van der Waals surface area contributed by atoms with Crippen LogP contribution in [-0.2, 0) is 20.7 Å². The number of oxazole rings is 1. The fourth-order valence-corrected chi connectivity index (χ4v) is 5.07. The Balaban J connectivity index is 1.30. The van der Waals surface area contributed by atoms with E-state index in [0.29, 0.717) is 40.1 Å². The van der Waals surface area contributed by atoms with Crippen molar-refractivity contribution < 1.29 is 23.8 Å². The molecule has 196 valence electrons. The summed E-state index contributed by atoms with van der Waals surface area (Å²) in [6.07, 6.45) is 1.73. The molecule has 4 aromatic rings. The molecule has 9 heteroatoms. The maximum Gasteiger partial charge on any atom is 0.304 e. The molecule has 1 aromatic heterocycles. The zero-order valence-electron chi connectivity index (χ0n) is 20.9. The Morgan fingerprint density at radius 3 is 2.76 bits per heavy atom. The molecule has 1 aliphatic rings. The highest BCUT2D eigenvalue weighted by atomic mass is 35.5. The van der Waals surface area contributed by atoms with Crippen LogP contribution < -0.4 is 10.6 Å². The molecule has 5 rings (SSSR count). The van der Waals surface area contributed by atoms with Crippen LogP contribution in [0.4, 0.5) is 17.4 Å². The number of rotatable bonds is 9. The molecule has 2 heterocycles. The number of fused-ring (bicyclic) bond motifs is 1. The van der Waals surface area contributed by atoms with Crippen molar-refractivity contribution in [2.24, 2.45) is 0 Å². The van der Waals surface area contributed by atoms with E-state index in [-0.39, 0.29) is 30.8 Å². The van der Waals surface area contributed by atoms with Gasteiger partial charge in [-0.25, -0.2) is 0 Å². The van der Waals surface area contributed by atoms with Crippen molar-refractivity contribution in [1.29, 1.82) is 0 Å². The first-order valence-corrected chi connectivity index (χ1v) is 12.9. The number of hydrogen-bond acceptors (Lipinski definition) is 6. The summed E-state index contributed by atoms with van der Waals surface area (Å²) in [6.45, 7) is 2.54. The van der Waals surface area contributed by atoms with E-state index >= 15 is 0 Å². The lowest BCUT2D eigenvalue weighted by atomic mass is 9.88. The van der Waals surface area contributed by atoms with Crippen molar-refractivity contribution in [3.8, 4) is 0 Å². The highest BCUT2D eigenvalue weighted by molar-refractivity contribution is 6.33. The minimum Gasteiger partial charge on any atom is -0.481 e. The molecule has 8 nitrogen and oxygen atoms in total. The number of aryl methyl sites for hydroxylation is 1. The number of nitrogens with one attached hydrogen (secondary N) is 2. The van der Waals surface area contributed by atoms with Gasteiger partial charge in [-0.2, -0.15) is 4.98 Å². The van der Waals surface area contributed by atoms with Crippen LogP contribution in [0.3, 0.4) is 0 Å². The Morgan fingerprint density at radius 1 is 1.16 bits per heavy atom. The topological polar surface area (TPSA) is 114 Å². The monoisotopic (exact) mass is 533 g/mol. The summed E-state index contributed by atoms with van der Waals surface area (Å²) in [5.41, 5.74) is 5.05. The number of carbonyl (C=O) groups excluding carboxylic acids is 1. The first kappa shape index (κ1) is 25.8. The molecule has 1 aliphatic heterocycles. The molecular weight excluding hydrogens is 506 g/mol. The molecule has 2 atom stereocenters. The molecule has 1 saturated heterocycles. The molecule has 1 fully saturated rings. The van der Waals surface area contributed by atoms with Gasteiger partial charge in [-0.1, -0.05) is 41.9 Å². The molecular formula is C29H28ClN3O5. The number of halogens is 1. The van der Waals surface area contributed by atoms with E-state index in [1.165, 1.54) is 0 Å². The highest BCUT2D eigenvalue weighted by Crippen LogP contribution is 2.33. The molecule has 3 N–H and O–H groups in total. The van der Waals surface area contributed by atoms with Crippen LogP contribution in [0.15, 0.2) is 65.1 Å². The molecule has 0 bridgehead atoms. The van der Waals surface area contributed by atoms with E-state index in [2.05, 4.69) is 15.6 Å². The lowest BCUT2D eigenvalue weighted by Gasteiger charge is -2.22. The van der Waals surface area contributed by atoms with Crippen molar-refractivity contribution >= 4 is 52.0 Å². The molecule has 0 radical (unpaired) electrons. The third-order valence-electron chi connectivity index (χ3n) is 6.79. The Labute approximate surface area is 225 Å². The first-order chi connectivity index (χ1) is 18.4. The first-order valence-electron chi connectivity index (χ1n) is 12.5. The fraction of sp³-hybridized carbons (Fsp3) is 0.276. The summed E-state index contributed by atoms with van der Waals surface area (Å²) in [5, 5.41) is 16.0. The number of hydrogen-bond donors (Lipinski definition) is 3. The number of para-hydroxylation sites is 1. The quantitative estimate of drug-likeness (QED) is 0.226. The highest BCUT2D eigenvalue weighted by Gasteiger charge is 2.29. The molecule has 38 heavy (non-hydrogen) atoms. The van der Waals surface area contributed by atoms with Crippen LogP contribution in [0.5, 0.6) is 0 Å². The van der Waals surface area contributed by atoms with Gasteiger partial charge >= 0.3 is 5.97 Å². The van der Waals surface area contributed by atoms with Crippen LogP contribution in [0.1, 0.15) is 41.9 Å². The molecule has 0 spiro atoms. The van der Waals surface area contributed by atoms with Gasteiger partial charge in [0, 0.05) is 18.2 Å². The van der Waals surface area contributed by atoms with Gasteiger partial charge in [0.05, 0.1) is 29.7 Å². The van der Waals surface area contributed by atoms with Gasteiger partial charge in [-0.15, -0.1) is 0 Å². The van der Waals surface area contributed by atoms with Crippen molar-refractivity contribution in [1.82, 2.24) is 4.98 Å². The van der Waals surface area contributed by atoms with Crippen LogP contribution in [0.25, 0.3) is 11.1 Å². The van der Waals surface area contributed by atoms with E-state index in [9.17, 15) is 14.7 Å². The molecule has 3 aromatic carbocycles. The Morgan fingerprint density at radius 2 is 2.00 bits per heavy atom. The van der Waals surface area contributed by atoms with Gasteiger partial charge in [-0.05, 0) is 66.8 Å². The average Bonchev–Trinajstić information content (AvgIpc) is 3.56. The molecule has 0 saturated carbocycles. The van der Waals surface area contributed by atoms with Crippen LogP contribution in [0, 0.1) is 6.92 Å². The van der Waals surface area contributed by atoms with E-state index in [0.717, 1.165) is 29.5 Å². The van der Waals surface area contributed by atoms with E-state index in [1.54, 1.807) is 12.1 Å². The van der Waals surface area contributed by atoms with Crippen molar-refractivity contribution in [3.63, 3.8) is 0 Å². The number of aromatic nitrogens is 1. The summed E-state index contributed by atoms with van der Waals surface area (Å²) in [4.78, 5) is 28.9. The third kappa shape index (κ3) is 5.82.